The number of H-pyrrole nitrogens is 1. The minimum atomic E-state index is -0.533. The molecule has 5 N–H and O–H groups in total. The van der Waals surface area contributed by atoms with Crippen LogP contribution in [0.4, 0.5) is 5.69 Å². The van der Waals surface area contributed by atoms with Crippen molar-refractivity contribution < 1.29 is 4.79 Å². The average molecular weight is 286 g/mol. The number of nitrogens with two attached hydrogens (primary N) is 2. The number of rotatable bonds is 3. The summed E-state index contributed by atoms with van der Waals surface area (Å²) in [6.07, 6.45) is 2.97. The van der Waals surface area contributed by atoms with E-state index in [2.05, 4.69) is 19.9 Å². The van der Waals surface area contributed by atoms with Gasteiger partial charge in [0.1, 0.15) is 16.9 Å². The Morgan fingerprint density at radius 2 is 2.10 bits per heavy atom. The Labute approximate surface area is 117 Å². The largest absolute Gasteiger partial charge is 0.399 e. The van der Waals surface area contributed by atoms with Crippen molar-refractivity contribution >= 4 is 34.5 Å². The van der Waals surface area contributed by atoms with E-state index in [0.29, 0.717) is 32.3 Å². The van der Waals surface area contributed by atoms with Crippen molar-refractivity contribution in [1.82, 2.24) is 19.9 Å². The number of primary amides is 1. The maximum absolute atomic E-state index is 11.5. The van der Waals surface area contributed by atoms with Crippen LogP contribution < -0.4 is 11.5 Å². The summed E-state index contributed by atoms with van der Waals surface area (Å²) in [7, 11) is 0. The van der Waals surface area contributed by atoms with Crippen LogP contribution in [0, 0.1) is 0 Å². The van der Waals surface area contributed by atoms with E-state index in [1.54, 1.807) is 24.5 Å². The van der Waals surface area contributed by atoms with Crippen molar-refractivity contribution in [2.45, 2.75) is 9.92 Å². The lowest BCUT2D eigenvalue weighted by Gasteiger charge is -2.07. The van der Waals surface area contributed by atoms with Crippen molar-refractivity contribution in [3.63, 3.8) is 0 Å². The number of carbonyl (C=O) groups is 1. The van der Waals surface area contributed by atoms with Crippen LogP contribution >= 0.6 is 11.8 Å². The summed E-state index contributed by atoms with van der Waals surface area (Å²) in [5.74, 6) is -0.533. The maximum atomic E-state index is 11.5. The van der Waals surface area contributed by atoms with Gasteiger partial charge in [-0.25, -0.2) is 15.0 Å². The molecule has 0 unspecified atom stereocenters. The number of hydrogen-bond donors (Lipinski definition) is 3. The van der Waals surface area contributed by atoms with Crippen LogP contribution in [0.25, 0.3) is 11.2 Å². The second kappa shape index (κ2) is 4.82. The Morgan fingerprint density at radius 3 is 2.90 bits per heavy atom. The molecule has 20 heavy (non-hydrogen) atoms. The first-order valence-corrected chi connectivity index (χ1v) is 6.48. The molecule has 0 atom stereocenters. The Morgan fingerprint density at radius 1 is 1.25 bits per heavy atom. The lowest BCUT2D eigenvalue weighted by molar-refractivity contribution is 0.0997. The Hall–Kier alpha value is -2.61. The second-order valence-electron chi connectivity index (χ2n) is 4.00. The zero-order chi connectivity index (χ0) is 14.1. The highest BCUT2D eigenvalue weighted by Crippen LogP contribution is 2.32. The highest BCUT2D eigenvalue weighted by molar-refractivity contribution is 7.99. The van der Waals surface area contributed by atoms with Crippen molar-refractivity contribution in [3.8, 4) is 0 Å². The zero-order valence-electron chi connectivity index (χ0n) is 10.2. The van der Waals surface area contributed by atoms with Gasteiger partial charge in [-0.05, 0) is 18.2 Å². The molecule has 3 aromatic rings. The quantitative estimate of drug-likeness (QED) is 0.490. The predicted molar refractivity (Wildman–Crippen MR) is 75.2 cm³/mol. The van der Waals surface area contributed by atoms with E-state index in [4.69, 9.17) is 11.5 Å². The molecule has 0 bridgehead atoms. The van der Waals surface area contributed by atoms with E-state index >= 15 is 0 Å². The summed E-state index contributed by atoms with van der Waals surface area (Å²) in [5.41, 5.74) is 13.2. The molecule has 7 nitrogen and oxygen atoms in total. The molecule has 2 heterocycles. The molecular weight excluding hydrogens is 276 g/mol. The Kier molecular flexibility index (Phi) is 2.99. The highest BCUT2D eigenvalue weighted by Gasteiger charge is 2.13. The van der Waals surface area contributed by atoms with Crippen LogP contribution in [0.15, 0.2) is 40.8 Å². The summed E-state index contributed by atoms with van der Waals surface area (Å²) in [6.45, 7) is 0. The van der Waals surface area contributed by atoms with Gasteiger partial charge >= 0.3 is 0 Å². The third-order valence-electron chi connectivity index (χ3n) is 2.66. The number of nitrogens with one attached hydrogen (secondary N) is 1. The van der Waals surface area contributed by atoms with Gasteiger partial charge < -0.3 is 16.5 Å². The van der Waals surface area contributed by atoms with Crippen molar-refractivity contribution in [3.05, 3.63) is 36.4 Å². The summed E-state index contributed by atoms with van der Waals surface area (Å²) in [6, 6.07) is 5.00. The number of aromatic amines is 1. The minimum absolute atomic E-state index is 0.362. The lowest BCUT2D eigenvalue weighted by Crippen LogP contribution is -2.12. The summed E-state index contributed by atoms with van der Waals surface area (Å²) < 4.78 is 0. The minimum Gasteiger partial charge on any atom is -0.399 e. The smallest absolute Gasteiger partial charge is 0.249 e. The monoisotopic (exact) mass is 286 g/mol. The van der Waals surface area contributed by atoms with Crippen LogP contribution in [0.3, 0.4) is 0 Å². The van der Waals surface area contributed by atoms with Gasteiger partial charge in [0.05, 0.1) is 11.9 Å². The summed E-state index contributed by atoms with van der Waals surface area (Å²) in [4.78, 5) is 27.4. The molecule has 3 rings (SSSR count). The van der Waals surface area contributed by atoms with Crippen molar-refractivity contribution in [2.75, 3.05) is 5.73 Å². The number of carbonyl (C=O) groups excluding carboxylic acids is 1. The van der Waals surface area contributed by atoms with Crippen LogP contribution in [-0.4, -0.2) is 25.8 Å². The van der Waals surface area contributed by atoms with E-state index in [9.17, 15) is 4.79 Å². The number of fused-ring (bicyclic) bond motifs is 1. The van der Waals surface area contributed by atoms with Crippen LogP contribution in [0.1, 0.15) is 10.4 Å². The molecule has 100 valence electrons. The molecule has 0 spiro atoms. The molecule has 8 heteroatoms. The molecule has 1 amide bonds. The van der Waals surface area contributed by atoms with E-state index in [0.717, 1.165) is 0 Å². The molecule has 0 saturated heterocycles. The molecule has 0 aliphatic rings. The van der Waals surface area contributed by atoms with Gasteiger partial charge in [-0.3, -0.25) is 4.79 Å². The number of hydrogen-bond acceptors (Lipinski definition) is 6. The standard InChI is InChI=1S/C12H10N6OS/c13-6-1-2-8(7(3-6)10(14)19)20-12-9-11(16-4-15-9)17-5-18-12/h1-5H,13H2,(H2,14,19)(H,15,16,17,18). The summed E-state index contributed by atoms with van der Waals surface area (Å²) >= 11 is 1.31. The van der Waals surface area contributed by atoms with Crippen LogP contribution in [0.5, 0.6) is 0 Å². The predicted octanol–water partition coefficient (Wildman–Crippen LogP) is 1.19. The number of benzene rings is 1. The molecule has 2 aromatic heterocycles. The zero-order valence-corrected chi connectivity index (χ0v) is 11.0. The molecule has 0 fully saturated rings. The van der Waals surface area contributed by atoms with Gasteiger partial charge in [-0.15, -0.1) is 0 Å². The van der Waals surface area contributed by atoms with Gasteiger partial charge in [0.25, 0.3) is 0 Å². The SMILES string of the molecule is NC(=O)c1cc(N)ccc1Sc1ncnc2nc[nH]c12. The number of amides is 1. The van der Waals surface area contributed by atoms with Crippen LogP contribution in [-0.2, 0) is 0 Å². The number of nitrogens with zero attached hydrogens (tertiary/aromatic N) is 3. The Balaban J connectivity index is 2.07. The fourth-order valence-corrected chi connectivity index (χ4v) is 2.72. The molecule has 0 aliphatic heterocycles. The van der Waals surface area contributed by atoms with E-state index in [-0.39, 0.29) is 0 Å². The van der Waals surface area contributed by atoms with E-state index in [1.165, 1.54) is 18.1 Å². The number of aromatic nitrogens is 4. The third-order valence-corrected chi connectivity index (χ3v) is 3.74. The maximum Gasteiger partial charge on any atom is 0.249 e. The molecule has 0 radical (unpaired) electrons. The fraction of sp³-hybridized carbons (Fsp3) is 0. The van der Waals surface area contributed by atoms with Gasteiger partial charge in [0.2, 0.25) is 5.91 Å². The van der Waals surface area contributed by atoms with Crippen LogP contribution in [0.2, 0.25) is 0 Å². The lowest BCUT2D eigenvalue weighted by atomic mass is 10.2. The molecular formula is C12H10N6OS. The van der Waals surface area contributed by atoms with Crippen molar-refractivity contribution in [2.24, 2.45) is 5.73 Å². The first-order chi connectivity index (χ1) is 9.65. The summed E-state index contributed by atoms with van der Waals surface area (Å²) in [5, 5.41) is 0.666. The molecule has 0 saturated carbocycles. The van der Waals surface area contributed by atoms with E-state index in [1.807, 2.05) is 0 Å². The van der Waals surface area contributed by atoms with Gasteiger partial charge in [-0.1, -0.05) is 11.8 Å². The highest BCUT2D eigenvalue weighted by atomic mass is 32.2. The van der Waals surface area contributed by atoms with Gasteiger partial charge in [0, 0.05) is 10.6 Å². The fourth-order valence-electron chi connectivity index (χ4n) is 1.75. The van der Waals surface area contributed by atoms with Crippen molar-refractivity contribution in [1.29, 1.82) is 0 Å². The average Bonchev–Trinajstić information content (AvgIpc) is 2.90. The first-order valence-electron chi connectivity index (χ1n) is 5.66. The topological polar surface area (TPSA) is 124 Å². The molecule has 0 aliphatic carbocycles. The second-order valence-corrected chi connectivity index (χ2v) is 5.03. The number of nitrogen functional groups attached to an aromatic ring is 1. The molecule has 1 aromatic carbocycles. The third kappa shape index (κ3) is 2.16. The van der Waals surface area contributed by atoms with E-state index < -0.39 is 5.91 Å². The normalized spacial score (nSPS) is 10.8. The Bertz CT molecular complexity index is 799. The van der Waals surface area contributed by atoms with Gasteiger partial charge in [0.15, 0.2) is 5.65 Å². The van der Waals surface area contributed by atoms with Gasteiger partial charge in [-0.2, -0.15) is 0 Å². The number of anilines is 1. The first kappa shape index (κ1) is 12.4. The number of imidazole rings is 1.